The van der Waals surface area contributed by atoms with Crippen molar-refractivity contribution >= 4 is 18.0 Å². The Morgan fingerprint density at radius 2 is 1.84 bits per heavy atom. The zero-order valence-electron chi connectivity index (χ0n) is 11.0. The molecule has 0 saturated carbocycles. The fourth-order valence-electron chi connectivity index (χ4n) is 2.16. The summed E-state index contributed by atoms with van der Waals surface area (Å²) in [6, 6.07) is -1.88. The second-order valence-electron chi connectivity index (χ2n) is 4.78. The predicted molar refractivity (Wildman–Crippen MR) is 66.8 cm³/mol. The van der Waals surface area contributed by atoms with Crippen LogP contribution in [-0.4, -0.2) is 52.2 Å². The topological polar surface area (TPSA) is 107 Å². The van der Waals surface area contributed by atoms with Crippen LogP contribution in [0, 0.1) is 5.92 Å². The molecule has 0 radical (unpaired) electrons. The first-order valence-electron chi connectivity index (χ1n) is 6.44. The van der Waals surface area contributed by atoms with Gasteiger partial charge in [0.25, 0.3) is 0 Å². The Balaban J connectivity index is 2.48. The van der Waals surface area contributed by atoms with Crippen molar-refractivity contribution in [2.75, 3.05) is 13.1 Å². The minimum absolute atomic E-state index is 0.497. The molecule has 0 aliphatic carbocycles. The Morgan fingerprint density at radius 1 is 1.26 bits per heavy atom. The van der Waals surface area contributed by atoms with Crippen LogP contribution in [0.4, 0.5) is 4.79 Å². The molecule has 2 amide bonds. The van der Waals surface area contributed by atoms with Gasteiger partial charge in [0.05, 0.1) is 6.42 Å². The first-order chi connectivity index (χ1) is 8.93. The molecule has 1 aliphatic rings. The molecule has 0 spiro atoms. The van der Waals surface area contributed by atoms with Gasteiger partial charge in [-0.25, -0.2) is 9.59 Å². The van der Waals surface area contributed by atoms with Crippen LogP contribution < -0.4 is 5.32 Å². The minimum Gasteiger partial charge on any atom is -0.481 e. The molecular formula is C12H20N2O5. The Labute approximate surface area is 111 Å². The van der Waals surface area contributed by atoms with Crippen molar-refractivity contribution in [2.45, 2.75) is 38.6 Å². The van der Waals surface area contributed by atoms with E-state index in [4.69, 9.17) is 10.2 Å². The number of urea groups is 1. The summed E-state index contributed by atoms with van der Waals surface area (Å²) < 4.78 is 0. The van der Waals surface area contributed by atoms with E-state index in [9.17, 15) is 14.4 Å². The Bertz CT molecular complexity index is 350. The molecule has 0 aromatic carbocycles. The molecule has 0 unspecified atom stereocenters. The van der Waals surface area contributed by atoms with Gasteiger partial charge in [-0.15, -0.1) is 0 Å². The van der Waals surface area contributed by atoms with E-state index >= 15 is 0 Å². The fraction of sp³-hybridized carbons (Fsp3) is 0.750. The third-order valence-electron chi connectivity index (χ3n) is 3.45. The molecule has 108 valence electrons. The number of nitrogens with zero attached hydrogens (tertiary/aromatic N) is 1. The molecule has 1 rings (SSSR count). The van der Waals surface area contributed by atoms with Crippen molar-refractivity contribution in [3.05, 3.63) is 0 Å². The molecule has 1 saturated heterocycles. The average Bonchev–Trinajstić information content (AvgIpc) is 2.37. The summed E-state index contributed by atoms with van der Waals surface area (Å²) in [5.74, 6) is -1.98. The van der Waals surface area contributed by atoms with Gasteiger partial charge < -0.3 is 20.4 Å². The number of carboxylic acids is 2. The number of carbonyl (C=O) groups is 3. The van der Waals surface area contributed by atoms with Crippen molar-refractivity contribution in [2.24, 2.45) is 5.92 Å². The van der Waals surface area contributed by atoms with E-state index < -0.39 is 30.4 Å². The Hall–Kier alpha value is -1.79. The molecule has 0 bridgehead atoms. The number of rotatable bonds is 5. The smallest absolute Gasteiger partial charge is 0.326 e. The predicted octanol–water partition coefficient (Wildman–Crippen LogP) is 0.746. The molecule has 19 heavy (non-hydrogen) atoms. The quantitative estimate of drug-likeness (QED) is 0.684. The molecule has 1 heterocycles. The number of hydrogen-bond acceptors (Lipinski definition) is 3. The van der Waals surface area contributed by atoms with Crippen molar-refractivity contribution in [3.63, 3.8) is 0 Å². The van der Waals surface area contributed by atoms with Crippen molar-refractivity contribution in [3.8, 4) is 0 Å². The van der Waals surface area contributed by atoms with Crippen LogP contribution in [0.2, 0.25) is 0 Å². The standard InChI is InChI=1S/C12H20N2O5/c1-2-8-3-5-14(6-4-8)12(19)13-9(11(17)18)7-10(15)16/h8-9H,2-7H2,1H3,(H,13,19)(H,15,16)(H,17,18)/t9-/m1/s1. The molecular weight excluding hydrogens is 252 g/mol. The molecule has 7 nitrogen and oxygen atoms in total. The molecule has 0 aromatic heterocycles. The van der Waals surface area contributed by atoms with Crippen molar-refractivity contribution in [1.82, 2.24) is 10.2 Å². The van der Waals surface area contributed by atoms with Crippen LogP contribution in [0.1, 0.15) is 32.6 Å². The van der Waals surface area contributed by atoms with E-state index in [0.717, 1.165) is 19.3 Å². The number of piperidine rings is 1. The van der Waals surface area contributed by atoms with Crippen LogP contribution in [0.5, 0.6) is 0 Å². The second-order valence-corrected chi connectivity index (χ2v) is 4.78. The summed E-state index contributed by atoms with van der Waals surface area (Å²) in [4.78, 5) is 34.8. The zero-order chi connectivity index (χ0) is 14.4. The third-order valence-corrected chi connectivity index (χ3v) is 3.45. The second kappa shape index (κ2) is 6.96. The lowest BCUT2D eigenvalue weighted by molar-refractivity contribution is -0.145. The number of hydrogen-bond donors (Lipinski definition) is 3. The van der Waals surface area contributed by atoms with E-state index in [2.05, 4.69) is 12.2 Å². The van der Waals surface area contributed by atoms with E-state index in [0.29, 0.717) is 19.0 Å². The lowest BCUT2D eigenvalue weighted by Crippen LogP contribution is -2.50. The van der Waals surface area contributed by atoms with Gasteiger partial charge in [-0.1, -0.05) is 13.3 Å². The first kappa shape index (κ1) is 15.3. The van der Waals surface area contributed by atoms with Crippen molar-refractivity contribution < 1.29 is 24.6 Å². The number of likely N-dealkylation sites (tertiary alicyclic amines) is 1. The van der Waals surface area contributed by atoms with E-state index in [1.54, 1.807) is 4.90 Å². The lowest BCUT2D eigenvalue weighted by atomic mass is 9.95. The maximum absolute atomic E-state index is 11.8. The van der Waals surface area contributed by atoms with E-state index in [-0.39, 0.29) is 0 Å². The van der Waals surface area contributed by atoms with Gasteiger partial charge in [-0.2, -0.15) is 0 Å². The number of amides is 2. The highest BCUT2D eigenvalue weighted by Crippen LogP contribution is 2.19. The zero-order valence-corrected chi connectivity index (χ0v) is 11.0. The van der Waals surface area contributed by atoms with Gasteiger partial charge in [0.1, 0.15) is 6.04 Å². The van der Waals surface area contributed by atoms with Crippen LogP contribution >= 0.6 is 0 Å². The monoisotopic (exact) mass is 272 g/mol. The SMILES string of the molecule is CCC1CCN(C(=O)N[C@H](CC(=O)O)C(=O)O)CC1. The van der Waals surface area contributed by atoms with Gasteiger partial charge in [0, 0.05) is 13.1 Å². The van der Waals surface area contributed by atoms with E-state index in [1.165, 1.54) is 0 Å². The molecule has 0 aromatic rings. The van der Waals surface area contributed by atoms with Crippen LogP contribution in [-0.2, 0) is 9.59 Å². The maximum Gasteiger partial charge on any atom is 0.326 e. The normalized spacial score (nSPS) is 17.8. The number of carbonyl (C=O) groups excluding carboxylic acids is 1. The van der Waals surface area contributed by atoms with Crippen LogP contribution in [0.3, 0.4) is 0 Å². The molecule has 1 aliphatic heterocycles. The Kier molecular flexibility index (Phi) is 5.59. The molecule has 7 heteroatoms. The van der Waals surface area contributed by atoms with Gasteiger partial charge in [0.15, 0.2) is 0 Å². The number of aliphatic carboxylic acids is 2. The fourth-order valence-corrected chi connectivity index (χ4v) is 2.16. The summed E-state index contributed by atoms with van der Waals surface area (Å²) >= 11 is 0. The van der Waals surface area contributed by atoms with Crippen LogP contribution in [0.15, 0.2) is 0 Å². The summed E-state index contributed by atoms with van der Waals surface area (Å²) in [6.07, 6.45) is 2.26. The summed E-state index contributed by atoms with van der Waals surface area (Å²) in [6.45, 7) is 3.28. The summed E-state index contributed by atoms with van der Waals surface area (Å²) in [7, 11) is 0. The first-order valence-corrected chi connectivity index (χ1v) is 6.44. The highest BCUT2D eigenvalue weighted by molar-refractivity contribution is 5.86. The highest BCUT2D eigenvalue weighted by Gasteiger charge is 2.27. The summed E-state index contributed by atoms with van der Waals surface area (Å²) in [5, 5.41) is 19.7. The van der Waals surface area contributed by atoms with Crippen LogP contribution in [0.25, 0.3) is 0 Å². The Morgan fingerprint density at radius 3 is 2.26 bits per heavy atom. The van der Waals surface area contributed by atoms with Gasteiger partial charge in [-0.3, -0.25) is 4.79 Å². The molecule has 1 fully saturated rings. The minimum atomic E-state index is -1.38. The largest absolute Gasteiger partial charge is 0.481 e. The van der Waals surface area contributed by atoms with Gasteiger partial charge >= 0.3 is 18.0 Å². The van der Waals surface area contributed by atoms with Crippen molar-refractivity contribution in [1.29, 1.82) is 0 Å². The highest BCUT2D eigenvalue weighted by atomic mass is 16.4. The molecule has 3 N–H and O–H groups in total. The van der Waals surface area contributed by atoms with E-state index in [1.807, 2.05) is 0 Å². The number of carboxylic acid groups (broad SMARTS) is 2. The van der Waals surface area contributed by atoms with Gasteiger partial charge in [-0.05, 0) is 18.8 Å². The maximum atomic E-state index is 11.8. The third kappa shape index (κ3) is 4.76. The average molecular weight is 272 g/mol. The lowest BCUT2D eigenvalue weighted by Gasteiger charge is -2.32. The molecule has 1 atom stereocenters. The van der Waals surface area contributed by atoms with Gasteiger partial charge in [0.2, 0.25) is 0 Å². The summed E-state index contributed by atoms with van der Waals surface area (Å²) in [5.41, 5.74) is 0. The number of nitrogens with one attached hydrogen (secondary N) is 1.